The molecule has 1 aromatic carbocycles. The van der Waals surface area contributed by atoms with E-state index in [1.807, 2.05) is 12.1 Å². The number of furan rings is 1. The van der Waals surface area contributed by atoms with Gasteiger partial charge in [0.1, 0.15) is 5.82 Å². The predicted molar refractivity (Wildman–Crippen MR) is 92.7 cm³/mol. The molecule has 0 saturated carbocycles. The lowest BCUT2D eigenvalue weighted by molar-refractivity contribution is 0.0952. The maximum absolute atomic E-state index is 13.0. The summed E-state index contributed by atoms with van der Waals surface area (Å²) in [5.74, 6) is 1.87. The molecule has 3 heterocycles. The SMILES string of the molecule is Fc1ccc(CSc2nnc(-c3ccco3)n2CC2CCCO2)cc1. The first-order chi connectivity index (χ1) is 12.3. The van der Waals surface area contributed by atoms with E-state index in [4.69, 9.17) is 9.15 Å². The van der Waals surface area contributed by atoms with Crippen LogP contribution < -0.4 is 0 Å². The lowest BCUT2D eigenvalue weighted by Gasteiger charge is -2.13. The van der Waals surface area contributed by atoms with Crippen molar-refractivity contribution in [2.45, 2.75) is 36.4 Å². The highest BCUT2D eigenvalue weighted by atomic mass is 32.2. The van der Waals surface area contributed by atoms with Gasteiger partial charge in [0.2, 0.25) is 5.82 Å². The average molecular weight is 359 g/mol. The van der Waals surface area contributed by atoms with Crippen molar-refractivity contribution in [3.63, 3.8) is 0 Å². The molecule has 0 radical (unpaired) electrons. The second kappa shape index (κ2) is 7.41. The van der Waals surface area contributed by atoms with Crippen LogP contribution in [0.15, 0.2) is 52.2 Å². The topological polar surface area (TPSA) is 53.1 Å². The number of benzene rings is 1. The van der Waals surface area contributed by atoms with Gasteiger partial charge in [-0.1, -0.05) is 23.9 Å². The van der Waals surface area contributed by atoms with Crippen LogP contribution in [0.3, 0.4) is 0 Å². The maximum atomic E-state index is 13.0. The zero-order valence-electron chi connectivity index (χ0n) is 13.6. The van der Waals surface area contributed by atoms with Crippen LogP contribution in [0.5, 0.6) is 0 Å². The zero-order chi connectivity index (χ0) is 17.1. The number of rotatable bonds is 6. The summed E-state index contributed by atoms with van der Waals surface area (Å²) in [4.78, 5) is 0. The van der Waals surface area contributed by atoms with Gasteiger partial charge in [-0.25, -0.2) is 4.39 Å². The van der Waals surface area contributed by atoms with Crippen molar-refractivity contribution in [3.05, 3.63) is 54.0 Å². The molecule has 1 aliphatic heterocycles. The van der Waals surface area contributed by atoms with E-state index in [1.54, 1.807) is 30.2 Å². The first-order valence-corrected chi connectivity index (χ1v) is 9.24. The Morgan fingerprint density at radius 3 is 2.80 bits per heavy atom. The molecule has 1 fully saturated rings. The summed E-state index contributed by atoms with van der Waals surface area (Å²) >= 11 is 1.58. The van der Waals surface area contributed by atoms with Crippen molar-refractivity contribution in [3.8, 4) is 11.6 Å². The minimum atomic E-state index is -0.226. The van der Waals surface area contributed by atoms with Gasteiger partial charge in [0.25, 0.3) is 0 Å². The molecule has 3 aromatic rings. The fraction of sp³-hybridized carbons (Fsp3) is 0.333. The molecule has 2 aromatic heterocycles. The molecule has 0 N–H and O–H groups in total. The Morgan fingerprint density at radius 1 is 1.20 bits per heavy atom. The van der Waals surface area contributed by atoms with Crippen LogP contribution in [-0.4, -0.2) is 27.5 Å². The van der Waals surface area contributed by atoms with E-state index in [0.29, 0.717) is 23.9 Å². The summed E-state index contributed by atoms with van der Waals surface area (Å²) in [5, 5.41) is 9.45. The standard InChI is InChI=1S/C18H18FN3O2S/c19-14-7-5-13(6-8-14)12-25-18-21-20-17(16-4-2-10-24-16)22(18)11-15-3-1-9-23-15/h2,4-8,10,15H,1,3,9,11-12H2. The highest BCUT2D eigenvalue weighted by molar-refractivity contribution is 7.98. The van der Waals surface area contributed by atoms with E-state index < -0.39 is 0 Å². The zero-order valence-corrected chi connectivity index (χ0v) is 14.4. The van der Waals surface area contributed by atoms with Crippen LogP contribution in [0.25, 0.3) is 11.6 Å². The van der Waals surface area contributed by atoms with Crippen LogP contribution in [-0.2, 0) is 17.0 Å². The maximum Gasteiger partial charge on any atom is 0.200 e. The van der Waals surface area contributed by atoms with E-state index in [9.17, 15) is 4.39 Å². The van der Waals surface area contributed by atoms with Crippen molar-refractivity contribution in [2.75, 3.05) is 6.61 Å². The molecule has 25 heavy (non-hydrogen) atoms. The summed E-state index contributed by atoms with van der Waals surface area (Å²) in [6.45, 7) is 1.51. The van der Waals surface area contributed by atoms with Gasteiger partial charge >= 0.3 is 0 Å². The summed E-state index contributed by atoms with van der Waals surface area (Å²) in [6.07, 6.45) is 3.93. The van der Waals surface area contributed by atoms with Gasteiger partial charge < -0.3 is 9.15 Å². The van der Waals surface area contributed by atoms with Crippen molar-refractivity contribution in [1.82, 2.24) is 14.8 Å². The predicted octanol–water partition coefficient (Wildman–Crippen LogP) is 4.15. The third kappa shape index (κ3) is 3.77. The van der Waals surface area contributed by atoms with Gasteiger partial charge in [-0.15, -0.1) is 10.2 Å². The minimum Gasteiger partial charge on any atom is -0.461 e. The van der Waals surface area contributed by atoms with Crippen LogP contribution in [0.1, 0.15) is 18.4 Å². The summed E-state index contributed by atoms with van der Waals surface area (Å²) in [6, 6.07) is 10.2. The molecule has 1 aliphatic rings. The van der Waals surface area contributed by atoms with Crippen molar-refractivity contribution in [2.24, 2.45) is 0 Å². The Morgan fingerprint density at radius 2 is 2.08 bits per heavy atom. The van der Waals surface area contributed by atoms with Crippen molar-refractivity contribution in [1.29, 1.82) is 0 Å². The van der Waals surface area contributed by atoms with E-state index >= 15 is 0 Å². The first-order valence-electron chi connectivity index (χ1n) is 8.25. The van der Waals surface area contributed by atoms with Crippen LogP contribution >= 0.6 is 11.8 Å². The van der Waals surface area contributed by atoms with Gasteiger partial charge in [0, 0.05) is 12.4 Å². The van der Waals surface area contributed by atoms with Gasteiger partial charge in [0.15, 0.2) is 10.9 Å². The minimum absolute atomic E-state index is 0.176. The van der Waals surface area contributed by atoms with E-state index in [2.05, 4.69) is 14.8 Å². The van der Waals surface area contributed by atoms with Gasteiger partial charge in [-0.05, 0) is 42.7 Å². The molecule has 5 nitrogen and oxygen atoms in total. The van der Waals surface area contributed by atoms with Crippen LogP contribution in [0, 0.1) is 5.82 Å². The summed E-state index contributed by atoms with van der Waals surface area (Å²) < 4.78 is 26.4. The number of thioether (sulfide) groups is 1. The Balaban J connectivity index is 1.56. The largest absolute Gasteiger partial charge is 0.461 e. The fourth-order valence-electron chi connectivity index (χ4n) is 2.87. The third-order valence-electron chi connectivity index (χ3n) is 4.15. The Bertz CT molecular complexity index is 811. The molecule has 1 atom stereocenters. The van der Waals surface area contributed by atoms with Gasteiger partial charge in [0.05, 0.1) is 18.9 Å². The van der Waals surface area contributed by atoms with Crippen LogP contribution in [0.2, 0.25) is 0 Å². The fourth-order valence-corrected chi connectivity index (χ4v) is 3.77. The average Bonchev–Trinajstić information content (AvgIpc) is 3.37. The highest BCUT2D eigenvalue weighted by Crippen LogP contribution is 2.28. The molecular formula is C18H18FN3O2S. The second-order valence-electron chi connectivity index (χ2n) is 5.94. The molecule has 4 rings (SSSR count). The third-order valence-corrected chi connectivity index (χ3v) is 5.19. The molecular weight excluding hydrogens is 341 g/mol. The molecule has 130 valence electrons. The quantitative estimate of drug-likeness (QED) is 0.619. The number of ether oxygens (including phenoxy) is 1. The van der Waals surface area contributed by atoms with E-state index in [0.717, 1.165) is 30.2 Å². The van der Waals surface area contributed by atoms with Crippen LogP contribution in [0.4, 0.5) is 4.39 Å². The first kappa shape index (κ1) is 16.4. The molecule has 0 bridgehead atoms. The number of hydrogen-bond donors (Lipinski definition) is 0. The van der Waals surface area contributed by atoms with E-state index in [-0.39, 0.29) is 11.9 Å². The van der Waals surface area contributed by atoms with Gasteiger partial charge in [-0.3, -0.25) is 4.57 Å². The number of aromatic nitrogens is 3. The summed E-state index contributed by atoms with van der Waals surface area (Å²) in [7, 11) is 0. The molecule has 1 unspecified atom stereocenters. The number of nitrogens with zero attached hydrogens (tertiary/aromatic N) is 3. The molecule has 1 saturated heterocycles. The monoisotopic (exact) mass is 359 g/mol. The molecule has 0 spiro atoms. The second-order valence-corrected chi connectivity index (χ2v) is 6.89. The Kier molecular flexibility index (Phi) is 4.85. The van der Waals surface area contributed by atoms with Crippen molar-refractivity contribution < 1.29 is 13.5 Å². The Hall–Kier alpha value is -2.12. The number of hydrogen-bond acceptors (Lipinski definition) is 5. The molecule has 0 aliphatic carbocycles. The normalized spacial score (nSPS) is 17.2. The Labute approximate surface area is 149 Å². The van der Waals surface area contributed by atoms with Crippen molar-refractivity contribution >= 4 is 11.8 Å². The summed E-state index contributed by atoms with van der Waals surface area (Å²) in [5.41, 5.74) is 1.04. The molecule has 7 heteroatoms. The smallest absolute Gasteiger partial charge is 0.200 e. The van der Waals surface area contributed by atoms with Gasteiger partial charge in [-0.2, -0.15) is 0 Å². The number of halogens is 1. The highest BCUT2D eigenvalue weighted by Gasteiger charge is 2.22. The lowest BCUT2D eigenvalue weighted by atomic mass is 10.2. The lowest BCUT2D eigenvalue weighted by Crippen LogP contribution is -2.16. The van der Waals surface area contributed by atoms with E-state index in [1.165, 1.54) is 12.1 Å². The molecule has 0 amide bonds.